The summed E-state index contributed by atoms with van der Waals surface area (Å²) in [7, 11) is 3.01. The van der Waals surface area contributed by atoms with E-state index in [0.717, 1.165) is 23.4 Å². The van der Waals surface area contributed by atoms with Crippen molar-refractivity contribution in [2.45, 2.75) is 13.1 Å². The van der Waals surface area contributed by atoms with Crippen molar-refractivity contribution >= 4 is 23.2 Å². The number of benzene rings is 1. The molecule has 0 spiro atoms. The molecule has 138 valence electrons. The highest BCUT2D eigenvalue weighted by atomic mass is 32.1. The quantitative estimate of drug-likeness (QED) is 0.727. The largest absolute Gasteiger partial charge is 0.497 e. The van der Waals surface area contributed by atoms with Crippen molar-refractivity contribution in [1.82, 2.24) is 9.80 Å². The fraction of sp³-hybridized carbons (Fsp3) is 0.368. The summed E-state index contributed by atoms with van der Waals surface area (Å²) in [5.74, 6) is 0.593. The molecule has 0 aliphatic carbocycles. The van der Waals surface area contributed by atoms with Gasteiger partial charge >= 0.3 is 5.97 Å². The lowest BCUT2D eigenvalue weighted by molar-refractivity contribution is -0.136. The molecule has 7 heteroatoms. The van der Waals surface area contributed by atoms with Crippen molar-refractivity contribution in [3.05, 3.63) is 51.7 Å². The minimum absolute atomic E-state index is 0.113. The van der Waals surface area contributed by atoms with E-state index in [1.807, 2.05) is 40.6 Å². The average Bonchev–Trinajstić information content (AvgIpc) is 3.12. The van der Waals surface area contributed by atoms with Crippen molar-refractivity contribution in [1.29, 1.82) is 0 Å². The highest BCUT2D eigenvalue weighted by Gasteiger charge is 2.24. The number of thiophene rings is 1. The van der Waals surface area contributed by atoms with E-state index >= 15 is 0 Å². The molecule has 2 aromatic rings. The number of carbonyl (C=O) groups excluding carboxylic acids is 2. The molecule has 2 heterocycles. The molecule has 1 fully saturated rings. The Balaban J connectivity index is 1.55. The molecule has 0 unspecified atom stereocenters. The Morgan fingerprint density at radius 3 is 2.73 bits per heavy atom. The van der Waals surface area contributed by atoms with E-state index in [9.17, 15) is 9.59 Å². The number of hydrogen-bond donors (Lipinski definition) is 0. The van der Waals surface area contributed by atoms with Gasteiger partial charge in [-0.25, -0.2) is 4.79 Å². The molecule has 0 radical (unpaired) electrons. The second-order valence-electron chi connectivity index (χ2n) is 6.19. The molecule has 26 heavy (non-hydrogen) atoms. The smallest absolute Gasteiger partial charge is 0.348 e. The van der Waals surface area contributed by atoms with Crippen LogP contribution in [0, 0.1) is 0 Å². The maximum Gasteiger partial charge on any atom is 0.348 e. The monoisotopic (exact) mass is 374 g/mol. The van der Waals surface area contributed by atoms with Gasteiger partial charge in [-0.05, 0) is 34.7 Å². The molecule has 0 saturated carbocycles. The van der Waals surface area contributed by atoms with Gasteiger partial charge in [-0.1, -0.05) is 12.1 Å². The number of methoxy groups -OCH3 is 2. The van der Waals surface area contributed by atoms with E-state index in [-0.39, 0.29) is 11.9 Å². The fourth-order valence-corrected chi connectivity index (χ4v) is 3.79. The third-order valence-corrected chi connectivity index (χ3v) is 5.31. The summed E-state index contributed by atoms with van der Waals surface area (Å²) in [6, 6.07) is 9.63. The Bertz CT molecular complexity index is 789. The summed E-state index contributed by atoms with van der Waals surface area (Å²) >= 11 is 1.37. The van der Waals surface area contributed by atoms with Crippen molar-refractivity contribution in [2.24, 2.45) is 0 Å². The zero-order valence-electron chi connectivity index (χ0n) is 14.9. The van der Waals surface area contributed by atoms with Gasteiger partial charge < -0.3 is 14.4 Å². The molecule has 1 amide bonds. The first kappa shape index (κ1) is 18.4. The molecule has 0 bridgehead atoms. The zero-order valence-corrected chi connectivity index (χ0v) is 15.8. The standard InChI is InChI=1S/C19H22N2O4S/c1-24-16-5-3-4-14(8-16)11-21-7-6-20(12-18(21)22)10-15-9-17(26-13-15)19(23)25-2/h3-5,8-9,13H,6-7,10-12H2,1-2H3. The molecule has 1 saturated heterocycles. The number of amides is 1. The van der Waals surface area contributed by atoms with Gasteiger partial charge in [0, 0.05) is 26.2 Å². The summed E-state index contributed by atoms with van der Waals surface area (Å²) in [4.78, 5) is 28.6. The lowest BCUT2D eigenvalue weighted by Gasteiger charge is -2.34. The molecule has 1 aromatic heterocycles. The predicted molar refractivity (Wildman–Crippen MR) is 99.3 cm³/mol. The Labute approximate surface area is 156 Å². The first-order valence-electron chi connectivity index (χ1n) is 8.38. The Morgan fingerprint density at radius 2 is 2.00 bits per heavy atom. The van der Waals surface area contributed by atoms with Gasteiger partial charge in [-0.2, -0.15) is 0 Å². The summed E-state index contributed by atoms with van der Waals surface area (Å²) in [6.45, 7) is 3.12. The topological polar surface area (TPSA) is 59.1 Å². The average molecular weight is 374 g/mol. The Morgan fingerprint density at radius 1 is 1.15 bits per heavy atom. The number of rotatable bonds is 6. The maximum absolute atomic E-state index is 12.5. The van der Waals surface area contributed by atoms with Crippen LogP contribution in [0.4, 0.5) is 0 Å². The third-order valence-electron chi connectivity index (χ3n) is 4.35. The van der Waals surface area contributed by atoms with Gasteiger partial charge in [0.1, 0.15) is 10.6 Å². The van der Waals surface area contributed by atoms with Crippen LogP contribution < -0.4 is 4.74 Å². The molecular formula is C19H22N2O4S. The normalized spacial score (nSPS) is 15.2. The lowest BCUT2D eigenvalue weighted by atomic mass is 10.1. The fourth-order valence-electron chi connectivity index (χ4n) is 2.97. The van der Waals surface area contributed by atoms with Gasteiger partial charge in [0.05, 0.1) is 20.8 Å². The van der Waals surface area contributed by atoms with E-state index in [0.29, 0.717) is 31.1 Å². The molecule has 1 aromatic carbocycles. The maximum atomic E-state index is 12.5. The molecule has 6 nitrogen and oxygen atoms in total. The van der Waals surface area contributed by atoms with Crippen LogP contribution in [0.3, 0.4) is 0 Å². The second-order valence-corrected chi connectivity index (χ2v) is 7.10. The molecule has 1 aliphatic heterocycles. The Hall–Kier alpha value is -2.38. The number of hydrogen-bond acceptors (Lipinski definition) is 6. The minimum atomic E-state index is -0.319. The van der Waals surface area contributed by atoms with E-state index in [4.69, 9.17) is 9.47 Å². The van der Waals surface area contributed by atoms with Crippen LogP contribution in [-0.2, 0) is 22.6 Å². The van der Waals surface area contributed by atoms with Crippen LogP contribution in [0.1, 0.15) is 20.8 Å². The van der Waals surface area contributed by atoms with Gasteiger partial charge in [0.15, 0.2) is 0 Å². The van der Waals surface area contributed by atoms with Gasteiger partial charge in [-0.15, -0.1) is 11.3 Å². The van der Waals surface area contributed by atoms with E-state index in [2.05, 4.69) is 4.90 Å². The van der Waals surface area contributed by atoms with Crippen molar-refractivity contribution in [2.75, 3.05) is 33.9 Å². The summed E-state index contributed by atoms with van der Waals surface area (Å²) in [6.07, 6.45) is 0. The second kappa shape index (κ2) is 8.33. The molecule has 1 aliphatic rings. The number of nitrogens with zero attached hydrogens (tertiary/aromatic N) is 2. The van der Waals surface area contributed by atoms with Crippen molar-refractivity contribution in [3.8, 4) is 5.75 Å². The SMILES string of the molecule is COC(=O)c1cc(CN2CCN(Cc3cccc(OC)c3)C(=O)C2)cs1. The van der Waals surface area contributed by atoms with E-state index < -0.39 is 0 Å². The van der Waals surface area contributed by atoms with Crippen LogP contribution in [-0.4, -0.2) is 55.5 Å². The molecule has 0 N–H and O–H groups in total. The third kappa shape index (κ3) is 4.42. The molecular weight excluding hydrogens is 352 g/mol. The van der Waals surface area contributed by atoms with Gasteiger partial charge in [0.25, 0.3) is 0 Å². The molecule has 3 rings (SSSR count). The summed E-state index contributed by atoms with van der Waals surface area (Å²) in [5.41, 5.74) is 2.09. The Kier molecular flexibility index (Phi) is 5.90. The van der Waals surface area contributed by atoms with Crippen molar-refractivity contribution < 1.29 is 19.1 Å². The zero-order chi connectivity index (χ0) is 18.5. The van der Waals surface area contributed by atoms with Crippen LogP contribution in [0.5, 0.6) is 5.75 Å². The summed E-state index contributed by atoms with van der Waals surface area (Å²) < 4.78 is 9.97. The van der Waals surface area contributed by atoms with Crippen LogP contribution >= 0.6 is 11.3 Å². The first-order valence-corrected chi connectivity index (χ1v) is 9.26. The number of esters is 1. The first-order chi connectivity index (χ1) is 12.6. The summed E-state index contributed by atoms with van der Waals surface area (Å²) in [5, 5.41) is 1.94. The van der Waals surface area contributed by atoms with Crippen LogP contribution in [0.25, 0.3) is 0 Å². The van der Waals surface area contributed by atoms with Crippen LogP contribution in [0.2, 0.25) is 0 Å². The lowest BCUT2D eigenvalue weighted by Crippen LogP contribution is -2.49. The van der Waals surface area contributed by atoms with Crippen LogP contribution in [0.15, 0.2) is 35.7 Å². The van der Waals surface area contributed by atoms with E-state index in [1.165, 1.54) is 18.4 Å². The number of piperazine rings is 1. The van der Waals surface area contributed by atoms with Gasteiger partial charge in [-0.3, -0.25) is 9.69 Å². The number of carbonyl (C=O) groups is 2. The highest BCUT2D eigenvalue weighted by Crippen LogP contribution is 2.19. The minimum Gasteiger partial charge on any atom is -0.497 e. The van der Waals surface area contributed by atoms with E-state index in [1.54, 1.807) is 7.11 Å². The highest BCUT2D eigenvalue weighted by molar-refractivity contribution is 7.12. The van der Waals surface area contributed by atoms with Gasteiger partial charge in [0.2, 0.25) is 5.91 Å². The number of ether oxygens (including phenoxy) is 2. The van der Waals surface area contributed by atoms with Crippen molar-refractivity contribution in [3.63, 3.8) is 0 Å². The predicted octanol–water partition coefficient (Wildman–Crippen LogP) is 2.39. The molecule has 0 atom stereocenters.